The van der Waals surface area contributed by atoms with Crippen LogP contribution in [0, 0.1) is 0 Å². The summed E-state index contributed by atoms with van der Waals surface area (Å²) in [6, 6.07) is 1.78. The van der Waals surface area contributed by atoms with Gasteiger partial charge in [0.15, 0.2) is 11.6 Å². The van der Waals surface area contributed by atoms with Gasteiger partial charge in [0.05, 0.1) is 4.88 Å². The maximum Gasteiger partial charge on any atom is 0.268 e. The standard InChI is InChI=1S/C10H10N2O2S/c1-3-9-11-10(14-12-9)8-4-7(5-15-8)6(2)13/h4-5H,3H2,1-2H3. The van der Waals surface area contributed by atoms with Gasteiger partial charge in [-0.15, -0.1) is 11.3 Å². The molecule has 0 bridgehead atoms. The normalized spacial score (nSPS) is 10.5. The predicted molar refractivity (Wildman–Crippen MR) is 57.0 cm³/mol. The van der Waals surface area contributed by atoms with Gasteiger partial charge in [-0.1, -0.05) is 12.1 Å². The summed E-state index contributed by atoms with van der Waals surface area (Å²) in [6.07, 6.45) is 0.744. The highest BCUT2D eigenvalue weighted by Crippen LogP contribution is 2.25. The number of carbonyl (C=O) groups excluding carboxylic acids is 1. The zero-order chi connectivity index (χ0) is 10.8. The van der Waals surface area contributed by atoms with Crippen LogP contribution in [-0.4, -0.2) is 15.9 Å². The quantitative estimate of drug-likeness (QED) is 0.749. The van der Waals surface area contributed by atoms with Crippen molar-refractivity contribution in [2.24, 2.45) is 0 Å². The van der Waals surface area contributed by atoms with Crippen LogP contribution in [0.3, 0.4) is 0 Å². The SMILES string of the molecule is CCc1noc(-c2cc(C(C)=O)cs2)n1. The van der Waals surface area contributed by atoms with Crippen molar-refractivity contribution >= 4 is 17.1 Å². The van der Waals surface area contributed by atoms with E-state index in [1.54, 1.807) is 11.4 Å². The molecule has 0 aliphatic rings. The van der Waals surface area contributed by atoms with E-state index in [-0.39, 0.29) is 5.78 Å². The smallest absolute Gasteiger partial charge is 0.268 e. The Hall–Kier alpha value is -1.49. The number of rotatable bonds is 3. The largest absolute Gasteiger partial charge is 0.333 e. The third-order valence-corrected chi connectivity index (χ3v) is 2.92. The lowest BCUT2D eigenvalue weighted by Gasteiger charge is -1.84. The number of hydrogen-bond donors (Lipinski definition) is 0. The Bertz CT molecular complexity index is 487. The minimum absolute atomic E-state index is 0.0488. The first-order valence-corrected chi connectivity index (χ1v) is 5.51. The van der Waals surface area contributed by atoms with Gasteiger partial charge in [0.1, 0.15) is 0 Å². The molecule has 2 heterocycles. The average Bonchev–Trinajstić information content (AvgIpc) is 2.86. The minimum Gasteiger partial charge on any atom is -0.333 e. The second-order valence-electron chi connectivity index (χ2n) is 3.13. The fourth-order valence-electron chi connectivity index (χ4n) is 1.13. The molecule has 0 aliphatic carbocycles. The lowest BCUT2D eigenvalue weighted by atomic mass is 10.2. The molecule has 0 aliphatic heterocycles. The number of thiophene rings is 1. The minimum atomic E-state index is 0.0488. The van der Waals surface area contributed by atoms with Gasteiger partial charge in [-0.2, -0.15) is 4.98 Å². The van der Waals surface area contributed by atoms with E-state index in [1.165, 1.54) is 18.3 Å². The molecule has 4 nitrogen and oxygen atoms in total. The number of ketones is 1. The Labute approximate surface area is 90.9 Å². The van der Waals surface area contributed by atoms with Gasteiger partial charge in [0.2, 0.25) is 0 Å². The molecule has 0 fully saturated rings. The predicted octanol–water partition coefficient (Wildman–Crippen LogP) is 2.56. The summed E-state index contributed by atoms with van der Waals surface area (Å²) in [5.41, 5.74) is 0.686. The number of Topliss-reactive ketones (excluding diaryl/α,β-unsaturated/α-hetero) is 1. The average molecular weight is 222 g/mol. The van der Waals surface area contributed by atoms with Crippen LogP contribution in [-0.2, 0) is 6.42 Å². The first-order valence-electron chi connectivity index (χ1n) is 4.63. The number of aryl methyl sites for hydroxylation is 1. The highest BCUT2D eigenvalue weighted by atomic mass is 32.1. The van der Waals surface area contributed by atoms with Gasteiger partial charge in [-0.25, -0.2) is 0 Å². The number of carbonyl (C=O) groups is 1. The second kappa shape index (κ2) is 3.94. The molecule has 2 aromatic heterocycles. The first kappa shape index (κ1) is 10.0. The van der Waals surface area contributed by atoms with Crippen molar-refractivity contribution in [1.29, 1.82) is 0 Å². The number of aromatic nitrogens is 2. The topological polar surface area (TPSA) is 56.0 Å². The van der Waals surface area contributed by atoms with Crippen molar-refractivity contribution in [2.45, 2.75) is 20.3 Å². The van der Waals surface area contributed by atoms with Crippen LogP contribution in [0.15, 0.2) is 16.0 Å². The van der Waals surface area contributed by atoms with Gasteiger partial charge in [-0.05, 0) is 13.0 Å². The van der Waals surface area contributed by atoms with E-state index >= 15 is 0 Å². The van der Waals surface area contributed by atoms with E-state index in [2.05, 4.69) is 10.1 Å². The van der Waals surface area contributed by atoms with Crippen LogP contribution in [0.1, 0.15) is 30.0 Å². The lowest BCUT2D eigenvalue weighted by molar-refractivity contribution is 0.101. The molecule has 0 amide bonds. The molecule has 0 radical (unpaired) electrons. The zero-order valence-electron chi connectivity index (χ0n) is 8.48. The zero-order valence-corrected chi connectivity index (χ0v) is 9.30. The molecular weight excluding hydrogens is 212 g/mol. The van der Waals surface area contributed by atoms with Crippen molar-refractivity contribution < 1.29 is 9.32 Å². The van der Waals surface area contributed by atoms with Gasteiger partial charge in [0.25, 0.3) is 5.89 Å². The molecule has 2 rings (SSSR count). The molecule has 0 saturated heterocycles. The Morgan fingerprint density at radius 2 is 2.40 bits per heavy atom. The van der Waals surface area contributed by atoms with Crippen LogP contribution in [0.4, 0.5) is 0 Å². The fraction of sp³-hybridized carbons (Fsp3) is 0.300. The van der Waals surface area contributed by atoms with Crippen LogP contribution in [0.5, 0.6) is 0 Å². The Morgan fingerprint density at radius 3 is 2.93 bits per heavy atom. The van der Waals surface area contributed by atoms with Crippen LogP contribution >= 0.6 is 11.3 Å². The number of hydrogen-bond acceptors (Lipinski definition) is 5. The summed E-state index contributed by atoms with van der Waals surface area (Å²) < 4.78 is 5.07. The molecule has 2 aromatic rings. The third-order valence-electron chi connectivity index (χ3n) is 2.00. The molecule has 0 saturated carbocycles. The van der Waals surface area contributed by atoms with Gasteiger partial charge in [-0.3, -0.25) is 4.79 Å². The maximum absolute atomic E-state index is 11.1. The molecule has 78 valence electrons. The van der Waals surface area contributed by atoms with Gasteiger partial charge in [0, 0.05) is 17.4 Å². The van der Waals surface area contributed by atoms with Crippen molar-refractivity contribution in [3.8, 4) is 10.8 Å². The lowest BCUT2D eigenvalue weighted by Crippen LogP contribution is -1.86. The van der Waals surface area contributed by atoms with Crippen LogP contribution in [0.2, 0.25) is 0 Å². The molecule has 0 unspecified atom stereocenters. The molecule has 0 aromatic carbocycles. The van der Waals surface area contributed by atoms with Crippen molar-refractivity contribution in [1.82, 2.24) is 10.1 Å². The summed E-state index contributed by atoms with van der Waals surface area (Å²) >= 11 is 1.44. The summed E-state index contributed by atoms with van der Waals surface area (Å²) in [5.74, 6) is 1.22. The highest BCUT2D eigenvalue weighted by molar-refractivity contribution is 7.13. The third kappa shape index (κ3) is 1.97. The highest BCUT2D eigenvalue weighted by Gasteiger charge is 2.11. The molecule has 0 atom stereocenters. The molecular formula is C10H10N2O2S. The Balaban J connectivity index is 2.32. The second-order valence-corrected chi connectivity index (χ2v) is 4.04. The van der Waals surface area contributed by atoms with E-state index in [0.29, 0.717) is 17.3 Å². The van der Waals surface area contributed by atoms with E-state index in [1.807, 2.05) is 6.92 Å². The Kier molecular flexibility index (Phi) is 2.64. The first-order chi connectivity index (χ1) is 7.20. The van der Waals surface area contributed by atoms with Crippen molar-refractivity contribution in [2.75, 3.05) is 0 Å². The van der Waals surface area contributed by atoms with E-state index in [0.717, 1.165) is 11.3 Å². The molecule has 0 spiro atoms. The Morgan fingerprint density at radius 1 is 1.60 bits per heavy atom. The molecule has 15 heavy (non-hydrogen) atoms. The summed E-state index contributed by atoms with van der Waals surface area (Å²) in [5, 5.41) is 5.60. The molecule has 5 heteroatoms. The van der Waals surface area contributed by atoms with Gasteiger partial charge >= 0.3 is 0 Å². The van der Waals surface area contributed by atoms with Crippen LogP contribution < -0.4 is 0 Å². The number of nitrogens with zero attached hydrogens (tertiary/aromatic N) is 2. The van der Waals surface area contributed by atoms with Crippen molar-refractivity contribution in [3.05, 3.63) is 22.8 Å². The maximum atomic E-state index is 11.1. The summed E-state index contributed by atoms with van der Waals surface area (Å²) in [6.45, 7) is 3.50. The molecule has 0 N–H and O–H groups in total. The van der Waals surface area contributed by atoms with E-state index in [4.69, 9.17) is 4.52 Å². The van der Waals surface area contributed by atoms with E-state index < -0.39 is 0 Å². The fourth-order valence-corrected chi connectivity index (χ4v) is 2.00. The summed E-state index contributed by atoms with van der Waals surface area (Å²) in [7, 11) is 0. The van der Waals surface area contributed by atoms with Crippen LogP contribution in [0.25, 0.3) is 10.8 Å². The van der Waals surface area contributed by atoms with E-state index in [9.17, 15) is 4.79 Å². The van der Waals surface area contributed by atoms with Gasteiger partial charge < -0.3 is 4.52 Å². The van der Waals surface area contributed by atoms with Crippen molar-refractivity contribution in [3.63, 3.8) is 0 Å². The summed E-state index contributed by atoms with van der Waals surface area (Å²) in [4.78, 5) is 16.1. The monoisotopic (exact) mass is 222 g/mol.